The molecule has 1 fully saturated rings. The summed E-state index contributed by atoms with van der Waals surface area (Å²) in [4.78, 5) is 10.4. The van der Waals surface area contributed by atoms with Crippen molar-refractivity contribution in [3.05, 3.63) is 54.3 Å². The maximum Gasteiger partial charge on any atom is 0.212 e. The Bertz CT molecular complexity index is 982. The number of anilines is 1. The lowest BCUT2D eigenvalue weighted by Gasteiger charge is -2.34. The summed E-state index contributed by atoms with van der Waals surface area (Å²) < 4.78 is 15.2. The summed E-state index contributed by atoms with van der Waals surface area (Å²) in [6.07, 6.45) is 6.60. The van der Waals surface area contributed by atoms with Gasteiger partial charge in [0.1, 0.15) is 18.2 Å². The van der Waals surface area contributed by atoms with Crippen molar-refractivity contribution in [3.63, 3.8) is 0 Å². The minimum absolute atomic E-state index is 0.340. The Balaban J connectivity index is 1.65. The van der Waals surface area contributed by atoms with E-state index in [1.54, 1.807) is 24.7 Å². The van der Waals surface area contributed by atoms with E-state index in [1.165, 1.54) is 12.3 Å². The lowest BCUT2D eigenvalue weighted by molar-refractivity contribution is 0.474. The van der Waals surface area contributed by atoms with Gasteiger partial charge in [0.15, 0.2) is 0 Å². The molecule has 4 heterocycles. The van der Waals surface area contributed by atoms with Gasteiger partial charge in [0.25, 0.3) is 0 Å². The highest BCUT2D eigenvalue weighted by atomic mass is 19.1. The number of aromatic nitrogens is 5. The second-order valence-electron chi connectivity index (χ2n) is 6.60. The van der Waals surface area contributed by atoms with E-state index in [0.717, 1.165) is 37.4 Å². The Morgan fingerprint density at radius 2 is 2.00 bits per heavy atom. The van der Waals surface area contributed by atoms with Crippen molar-refractivity contribution in [3.8, 4) is 17.3 Å². The zero-order valence-corrected chi connectivity index (χ0v) is 14.9. The molecule has 0 bridgehead atoms. The van der Waals surface area contributed by atoms with Gasteiger partial charge in [-0.15, -0.1) is 10.2 Å². The summed E-state index contributed by atoms with van der Waals surface area (Å²) in [5.41, 5.74) is 2.68. The molecule has 3 aromatic rings. The van der Waals surface area contributed by atoms with Crippen LogP contribution in [-0.2, 0) is 7.05 Å². The first-order valence-electron chi connectivity index (χ1n) is 8.77. The molecule has 0 saturated carbocycles. The quantitative estimate of drug-likeness (QED) is 0.665. The van der Waals surface area contributed by atoms with Crippen LogP contribution in [0, 0.1) is 17.3 Å². The second kappa shape index (κ2) is 7.11. The molecular formula is C19H18FN7. The number of hydrogen-bond donors (Lipinski definition) is 0. The predicted molar refractivity (Wildman–Crippen MR) is 97.3 cm³/mol. The summed E-state index contributed by atoms with van der Waals surface area (Å²) >= 11 is 0. The van der Waals surface area contributed by atoms with E-state index in [2.05, 4.69) is 31.1 Å². The van der Waals surface area contributed by atoms with Gasteiger partial charge < -0.3 is 9.47 Å². The molecule has 0 N–H and O–H groups in total. The van der Waals surface area contributed by atoms with Gasteiger partial charge in [0.05, 0.1) is 16.9 Å². The van der Waals surface area contributed by atoms with Gasteiger partial charge >= 0.3 is 0 Å². The molecule has 136 valence electrons. The van der Waals surface area contributed by atoms with Crippen molar-refractivity contribution in [2.45, 2.75) is 18.8 Å². The molecule has 0 radical (unpaired) electrons. The van der Waals surface area contributed by atoms with Gasteiger partial charge in [-0.25, -0.2) is 4.98 Å². The van der Waals surface area contributed by atoms with Crippen molar-refractivity contribution in [2.75, 3.05) is 18.0 Å². The first-order valence-corrected chi connectivity index (χ1v) is 8.77. The molecule has 4 rings (SSSR count). The van der Waals surface area contributed by atoms with E-state index >= 15 is 0 Å². The monoisotopic (exact) mass is 363 g/mol. The molecule has 1 saturated heterocycles. The fraction of sp³-hybridized carbons (Fsp3) is 0.316. The van der Waals surface area contributed by atoms with Gasteiger partial charge in [-0.05, 0) is 31.0 Å². The van der Waals surface area contributed by atoms with Crippen LogP contribution >= 0.6 is 0 Å². The minimum atomic E-state index is -0.541. The lowest BCUT2D eigenvalue weighted by Crippen LogP contribution is -2.34. The Hall–Kier alpha value is -3.34. The highest BCUT2D eigenvalue weighted by molar-refractivity contribution is 5.79. The number of rotatable bonds is 3. The Kier molecular flexibility index (Phi) is 4.50. The van der Waals surface area contributed by atoms with Crippen LogP contribution in [-0.4, -0.2) is 37.8 Å². The van der Waals surface area contributed by atoms with Crippen LogP contribution in [0.25, 0.3) is 11.3 Å². The molecule has 0 aromatic carbocycles. The number of pyridine rings is 2. The van der Waals surface area contributed by atoms with Crippen LogP contribution in [0.4, 0.5) is 10.1 Å². The zero-order chi connectivity index (χ0) is 18.8. The molecule has 8 heteroatoms. The molecule has 0 unspecified atom stereocenters. The molecule has 7 nitrogen and oxygen atoms in total. The largest absolute Gasteiger partial charge is 0.369 e. The average molecular weight is 363 g/mol. The van der Waals surface area contributed by atoms with E-state index in [0.29, 0.717) is 22.7 Å². The van der Waals surface area contributed by atoms with E-state index in [1.807, 2.05) is 11.6 Å². The molecular weight excluding hydrogens is 345 g/mol. The highest BCUT2D eigenvalue weighted by Gasteiger charge is 2.27. The smallest absolute Gasteiger partial charge is 0.212 e. The third-order valence-corrected chi connectivity index (χ3v) is 4.97. The van der Waals surface area contributed by atoms with Crippen LogP contribution in [0.3, 0.4) is 0 Å². The number of halogens is 1. The number of nitriles is 1. The van der Waals surface area contributed by atoms with Gasteiger partial charge in [-0.1, -0.05) is 0 Å². The van der Waals surface area contributed by atoms with Crippen LogP contribution in [0.2, 0.25) is 0 Å². The van der Waals surface area contributed by atoms with Crippen LogP contribution < -0.4 is 4.90 Å². The normalized spacial score (nSPS) is 14.9. The summed E-state index contributed by atoms with van der Waals surface area (Å²) in [5, 5.41) is 17.8. The van der Waals surface area contributed by atoms with Crippen molar-refractivity contribution >= 4 is 5.69 Å². The van der Waals surface area contributed by atoms with Crippen molar-refractivity contribution in [1.29, 1.82) is 5.26 Å². The topological polar surface area (TPSA) is 83.5 Å². The fourth-order valence-corrected chi connectivity index (χ4v) is 3.61. The molecule has 1 aliphatic heterocycles. The SMILES string of the molecule is Cn1cnnc1C1CCN(c2c(C#N)ccnc2-c2ccc(F)nc2)CC1. The zero-order valence-electron chi connectivity index (χ0n) is 14.9. The summed E-state index contributed by atoms with van der Waals surface area (Å²) in [6.45, 7) is 1.55. The number of hydrogen-bond acceptors (Lipinski definition) is 6. The number of nitrogens with zero attached hydrogens (tertiary/aromatic N) is 7. The van der Waals surface area contributed by atoms with Crippen molar-refractivity contribution in [2.24, 2.45) is 7.05 Å². The molecule has 0 atom stereocenters. The highest BCUT2D eigenvalue weighted by Crippen LogP contribution is 2.36. The van der Waals surface area contributed by atoms with Gasteiger partial charge in [-0.3, -0.25) is 4.98 Å². The number of aryl methyl sites for hydroxylation is 1. The molecule has 1 aliphatic rings. The van der Waals surface area contributed by atoms with Crippen LogP contribution in [0.15, 0.2) is 36.9 Å². The number of piperidine rings is 1. The van der Waals surface area contributed by atoms with E-state index in [9.17, 15) is 9.65 Å². The first-order chi connectivity index (χ1) is 13.2. The first kappa shape index (κ1) is 17.1. The average Bonchev–Trinajstić information content (AvgIpc) is 3.14. The molecule has 0 amide bonds. The molecule has 0 spiro atoms. The Labute approximate surface area is 156 Å². The predicted octanol–water partition coefficient (Wildman–Crippen LogP) is 2.67. The van der Waals surface area contributed by atoms with Crippen molar-refractivity contribution < 1.29 is 4.39 Å². The minimum Gasteiger partial charge on any atom is -0.369 e. The fourth-order valence-electron chi connectivity index (χ4n) is 3.61. The maximum absolute atomic E-state index is 13.2. The third-order valence-electron chi connectivity index (χ3n) is 4.97. The van der Waals surface area contributed by atoms with Gasteiger partial charge in [0, 0.05) is 44.0 Å². The Morgan fingerprint density at radius 1 is 1.19 bits per heavy atom. The van der Waals surface area contributed by atoms with Gasteiger partial charge in [0.2, 0.25) is 5.95 Å². The molecule has 0 aliphatic carbocycles. The Morgan fingerprint density at radius 3 is 2.63 bits per heavy atom. The summed E-state index contributed by atoms with van der Waals surface area (Å²) in [6, 6.07) is 6.92. The molecule has 27 heavy (non-hydrogen) atoms. The maximum atomic E-state index is 13.2. The van der Waals surface area contributed by atoms with Gasteiger partial charge in [-0.2, -0.15) is 9.65 Å². The summed E-state index contributed by atoms with van der Waals surface area (Å²) in [5.74, 6) is 0.789. The lowest BCUT2D eigenvalue weighted by atomic mass is 9.94. The van der Waals surface area contributed by atoms with Crippen LogP contribution in [0.5, 0.6) is 0 Å². The van der Waals surface area contributed by atoms with E-state index in [-0.39, 0.29) is 0 Å². The summed E-state index contributed by atoms with van der Waals surface area (Å²) in [7, 11) is 1.95. The standard InChI is InChI=1S/C19H18FN7/c1-26-12-24-25-19(26)13-5-8-27(9-6-13)18-14(10-21)4-7-22-17(18)15-2-3-16(20)23-11-15/h2-4,7,11-13H,5-6,8-9H2,1H3. The second-order valence-corrected chi connectivity index (χ2v) is 6.60. The molecule has 3 aromatic heterocycles. The van der Waals surface area contributed by atoms with E-state index in [4.69, 9.17) is 0 Å². The van der Waals surface area contributed by atoms with E-state index < -0.39 is 5.95 Å². The third kappa shape index (κ3) is 3.24. The van der Waals surface area contributed by atoms with Crippen molar-refractivity contribution in [1.82, 2.24) is 24.7 Å². The van der Waals surface area contributed by atoms with Crippen LogP contribution in [0.1, 0.15) is 30.1 Å².